The van der Waals surface area contributed by atoms with Crippen LogP contribution in [0.25, 0.3) is 0 Å². The molecule has 7 nitrogen and oxygen atoms in total. The number of aryl methyl sites for hydroxylation is 1. The SMILES string of the molecule is COC(C)(C)CCn1cc(NC(=O)CON=C(C)c2cccs2)cn1. The van der Waals surface area contributed by atoms with Gasteiger partial charge in [-0.2, -0.15) is 5.10 Å². The predicted molar refractivity (Wildman–Crippen MR) is 99.0 cm³/mol. The van der Waals surface area contributed by atoms with E-state index in [1.807, 2.05) is 38.3 Å². The van der Waals surface area contributed by atoms with E-state index in [0.29, 0.717) is 12.2 Å². The number of nitrogens with zero attached hydrogens (tertiary/aromatic N) is 3. The van der Waals surface area contributed by atoms with Gasteiger partial charge in [0.25, 0.3) is 5.91 Å². The number of carbonyl (C=O) groups is 1. The van der Waals surface area contributed by atoms with Crippen LogP contribution in [-0.4, -0.2) is 40.7 Å². The number of amides is 1. The van der Waals surface area contributed by atoms with Gasteiger partial charge in [-0.25, -0.2) is 0 Å². The first-order valence-electron chi connectivity index (χ1n) is 7.97. The summed E-state index contributed by atoms with van der Waals surface area (Å²) in [5, 5.41) is 12.9. The van der Waals surface area contributed by atoms with Crippen LogP contribution in [0, 0.1) is 0 Å². The fourth-order valence-corrected chi connectivity index (χ4v) is 2.62. The second-order valence-electron chi connectivity index (χ2n) is 6.18. The Hall–Kier alpha value is -2.19. The topological polar surface area (TPSA) is 77.7 Å². The van der Waals surface area contributed by atoms with E-state index in [0.717, 1.165) is 17.0 Å². The van der Waals surface area contributed by atoms with Crippen molar-refractivity contribution in [3.05, 3.63) is 34.8 Å². The van der Waals surface area contributed by atoms with Crippen LogP contribution in [-0.2, 0) is 20.9 Å². The number of methoxy groups -OCH3 is 1. The fraction of sp³-hybridized carbons (Fsp3) is 0.471. The average Bonchev–Trinajstić information content (AvgIpc) is 3.25. The first kappa shape index (κ1) is 19.1. The van der Waals surface area contributed by atoms with Crippen molar-refractivity contribution >= 4 is 28.6 Å². The summed E-state index contributed by atoms with van der Waals surface area (Å²) in [6.45, 7) is 6.45. The third kappa shape index (κ3) is 6.32. The zero-order valence-electron chi connectivity index (χ0n) is 15.0. The molecule has 2 rings (SSSR count). The zero-order valence-corrected chi connectivity index (χ0v) is 15.8. The summed E-state index contributed by atoms with van der Waals surface area (Å²) in [5.74, 6) is -0.278. The Labute approximate surface area is 151 Å². The molecule has 2 heterocycles. The van der Waals surface area contributed by atoms with Gasteiger partial charge < -0.3 is 14.9 Å². The molecule has 136 valence electrons. The number of carbonyl (C=O) groups excluding carboxylic acids is 1. The highest BCUT2D eigenvalue weighted by atomic mass is 32.1. The highest BCUT2D eigenvalue weighted by Crippen LogP contribution is 2.15. The number of ether oxygens (including phenoxy) is 1. The molecule has 2 aromatic heterocycles. The molecule has 0 aliphatic carbocycles. The van der Waals surface area contributed by atoms with Gasteiger partial charge in [-0.1, -0.05) is 11.2 Å². The molecule has 8 heteroatoms. The van der Waals surface area contributed by atoms with E-state index >= 15 is 0 Å². The molecule has 2 aromatic rings. The van der Waals surface area contributed by atoms with E-state index in [-0.39, 0.29) is 18.1 Å². The van der Waals surface area contributed by atoms with E-state index in [9.17, 15) is 4.79 Å². The molecule has 25 heavy (non-hydrogen) atoms. The van der Waals surface area contributed by atoms with E-state index in [1.54, 1.807) is 35.5 Å². The molecule has 0 aliphatic heterocycles. The Morgan fingerprint density at radius 2 is 2.28 bits per heavy atom. The number of hydrogen-bond donors (Lipinski definition) is 1. The van der Waals surface area contributed by atoms with Crippen LogP contribution in [0.3, 0.4) is 0 Å². The minimum atomic E-state index is -0.278. The number of hydrogen-bond acceptors (Lipinski definition) is 6. The molecule has 0 atom stereocenters. The van der Waals surface area contributed by atoms with Gasteiger partial charge in [-0.05, 0) is 38.6 Å². The minimum absolute atomic E-state index is 0.148. The lowest BCUT2D eigenvalue weighted by atomic mass is 10.1. The van der Waals surface area contributed by atoms with E-state index in [1.165, 1.54) is 0 Å². The Morgan fingerprint density at radius 1 is 1.48 bits per heavy atom. The monoisotopic (exact) mass is 364 g/mol. The largest absolute Gasteiger partial charge is 0.385 e. The van der Waals surface area contributed by atoms with Gasteiger partial charge in [-0.15, -0.1) is 11.3 Å². The molecule has 0 bridgehead atoms. The Bertz CT molecular complexity index is 707. The smallest absolute Gasteiger partial charge is 0.265 e. The van der Waals surface area contributed by atoms with Gasteiger partial charge in [0.05, 0.1) is 28.1 Å². The third-order valence-electron chi connectivity index (χ3n) is 3.69. The minimum Gasteiger partial charge on any atom is -0.385 e. The Morgan fingerprint density at radius 3 is 2.96 bits per heavy atom. The molecule has 1 N–H and O–H groups in total. The molecule has 0 saturated carbocycles. The first-order chi connectivity index (χ1) is 11.9. The lowest BCUT2D eigenvalue weighted by molar-refractivity contribution is -0.120. The first-order valence-corrected chi connectivity index (χ1v) is 8.85. The summed E-state index contributed by atoms with van der Waals surface area (Å²) in [7, 11) is 1.69. The molecule has 0 spiro atoms. The molecule has 0 saturated heterocycles. The predicted octanol–water partition coefficient (Wildman–Crippen LogP) is 3.14. The van der Waals surface area contributed by atoms with Gasteiger partial charge >= 0.3 is 0 Å². The van der Waals surface area contributed by atoms with Crippen molar-refractivity contribution in [2.75, 3.05) is 19.0 Å². The molecule has 1 amide bonds. The lowest BCUT2D eigenvalue weighted by Crippen LogP contribution is -2.24. The molecular formula is C17H24N4O3S. The second kappa shape index (κ2) is 8.77. The average molecular weight is 364 g/mol. The van der Waals surface area contributed by atoms with Gasteiger partial charge in [0.15, 0.2) is 6.61 Å². The standard InChI is InChI=1S/C17H24N4O3S/c1-13(15-6-5-9-25-15)20-24-12-16(22)19-14-10-18-21(11-14)8-7-17(2,3)23-4/h5-6,9-11H,7-8,12H2,1-4H3,(H,19,22). The molecular weight excluding hydrogens is 340 g/mol. The number of thiophene rings is 1. The van der Waals surface area contributed by atoms with Crippen LogP contribution >= 0.6 is 11.3 Å². The van der Waals surface area contributed by atoms with Crippen LogP contribution in [0.2, 0.25) is 0 Å². The quantitative estimate of drug-likeness (QED) is 0.548. The summed E-state index contributed by atoms with van der Waals surface area (Å²) < 4.78 is 7.16. The molecule has 0 aromatic carbocycles. The summed E-state index contributed by atoms with van der Waals surface area (Å²) >= 11 is 1.57. The Kier molecular flexibility index (Phi) is 6.72. The van der Waals surface area contributed by atoms with Crippen molar-refractivity contribution in [2.45, 2.75) is 39.3 Å². The Balaban J connectivity index is 1.76. The van der Waals surface area contributed by atoms with Crippen molar-refractivity contribution in [3.8, 4) is 0 Å². The number of rotatable bonds is 9. The highest BCUT2D eigenvalue weighted by Gasteiger charge is 2.16. The summed E-state index contributed by atoms with van der Waals surface area (Å²) in [6.07, 6.45) is 4.21. The maximum Gasteiger partial charge on any atom is 0.265 e. The summed E-state index contributed by atoms with van der Waals surface area (Å²) in [6, 6.07) is 3.89. The van der Waals surface area contributed by atoms with Crippen molar-refractivity contribution in [1.82, 2.24) is 9.78 Å². The van der Waals surface area contributed by atoms with Crippen molar-refractivity contribution < 1.29 is 14.4 Å². The van der Waals surface area contributed by atoms with Crippen LogP contribution in [0.4, 0.5) is 5.69 Å². The van der Waals surface area contributed by atoms with Gasteiger partial charge in [0.2, 0.25) is 0 Å². The second-order valence-corrected chi connectivity index (χ2v) is 7.13. The van der Waals surface area contributed by atoms with Crippen molar-refractivity contribution in [2.24, 2.45) is 5.16 Å². The summed E-state index contributed by atoms with van der Waals surface area (Å²) in [4.78, 5) is 18.0. The van der Waals surface area contributed by atoms with Gasteiger partial charge in [0.1, 0.15) is 0 Å². The lowest BCUT2D eigenvalue weighted by Gasteiger charge is -2.22. The number of oxime groups is 1. The summed E-state index contributed by atoms with van der Waals surface area (Å²) in [5.41, 5.74) is 1.17. The molecule has 0 radical (unpaired) electrons. The third-order valence-corrected chi connectivity index (χ3v) is 4.67. The zero-order chi connectivity index (χ0) is 18.3. The number of anilines is 1. The van der Waals surface area contributed by atoms with Crippen molar-refractivity contribution in [1.29, 1.82) is 0 Å². The molecule has 0 aliphatic rings. The normalized spacial score (nSPS) is 12.2. The van der Waals surface area contributed by atoms with Gasteiger partial charge in [-0.3, -0.25) is 9.48 Å². The van der Waals surface area contributed by atoms with Crippen LogP contribution < -0.4 is 5.32 Å². The highest BCUT2D eigenvalue weighted by molar-refractivity contribution is 7.12. The van der Waals surface area contributed by atoms with Crippen molar-refractivity contribution in [3.63, 3.8) is 0 Å². The number of aromatic nitrogens is 2. The van der Waals surface area contributed by atoms with E-state index in [2.05, 4.69) is 15.6 Å². The van der Waals surface area contributed by atoms with E-state index in [4.69, 9.17) is 9.57 Å². The van der Waals surface area contributed by atoms with E-state index < -0.39 is 0 Å². The van der Waals surface area contributed by atoms with Crippen LogP contribution in [0.5, 0.6) is 0 Å². The van der Waals surface area contributed by atoms with Crippen LogP contribution in [0.1, 0.15) is 32.1 Å². The van der Waals surface area contributed by atoms with Gasteiger partial charge in [0, 0.05) is 19.9 Å². The van der Waals surface area contributed by atoms with Crippen LogP contribution in [0.15, 0.2) is 35.1 Å². The molecule has 0 fully saturated rings. The maximum atomic E-state index is 11.9. The molecule has 0 unspecified atom stereocenters. The maximum absolute atomic E-state index is 11.9. The number of nitrogens with one attached hydrogen (secondary N) is 1. The fourth-order valence-electron chi connectivity index (χ4n) is 1.95.